The van der Waals surface area contributed by atoms with E-state index in [2.05, 4.69) is 20.1 Å². The molecule has 1 aromatic carbocycles. The fourth-order valence-electron chi connectivity index (χ4n) is 3.07. The summed E-state index contributed by atoms with van der Waals surface area (Å²) < 4.78 is 3.30. The number of nitrogens with zero attached hydrogens (tertiary/aromatic N) is 6. The van der Waals surface area contributed by atoms with Crippen LogP contribution in [0.3, 0.4) is 0 Å². The molecule has 3 aromatic heterocycles. The van der Waals surface area contributed by atoms with Crippen molar-refractivity contribution in [1.29, 1.82) is 0 Å². The van der Waals surface area contributed by atoms with Crippen LogP contribution in [-0.4, -0.2) is 29.3 Å². The molecule has 132 valence electrons. The fourth-order valence-corrected chi connectivity index (χ4v) is 3.07. The van der Waals surface area contributed by atoms with E-state index in [1.165, 1.54) is 4.57 Å². The molecular weight excluding hydrogens is 328 g/mol. The molecule has 4 aromatic rings. The Labute approximate surface area is 150 Å². The van der Waals surface area contributed by atoms with E-state index in [4.69, 9.17) is 0 Å². The second kappa shape index (κ2) is 5.72. The molecule has 0 aliphatic heterocycles. The van der Waals surface area contributed by atoms with Crippen LogP contribution in [0.25, 0.3) is 21.9 Å². The molecule has 0 aliphatic rings. The number of para-hydroxylation sites is 1. The van der Waals surface area contributed by atoms with E-state index in [0.717, 1.165) is 16.6 Å². The van der Waals surface area contributed by atoms with Crippen molar-refractivity contribution < 1.29 is 0 Å². The highest BCUT2D eigenvalue weighted by Crippen LogP contribution is 2.18. The Bertz CT molecular complexity index is 1180. The van der Waals surface area contributed by atoms with Crippen LogP contribution in [-0.2, 0) is 12.1 Å². The summed E-state index contributed by atoms with van der Waals surface area (Å²) >= 11 is 0. The predicted octanol–water partition coefficient (Wildman–Crippen LogP) is 2.65. The van der Waals surface area contributed by atoms with Crippen LogP contribution in [0.1, 0.15) is 32.3 Å². The molecule has 7 nitrogen and oxygen atoms in total. The van der Waals surface area contributed by atoms with E-state index in [1.807, 2.05) is 52.0 Å². The second-order valence-electron chi connectivity index (χ2n) is 7.38. The smallest absolute Gasteiger partial charge is 0.264 e. The van der Waals surface area contributed by atoms with Crippen LogP contribution in [0.15, 0.2) is 41.6 Å². The van der Waals surface area contributed by atoms with Gasteiger partial charge in [0.25, 0.3) is 5.56 Å². The first-order valence-corrected chi connectivity index (χ1v) is 8.50. The minimum absolute atomic E-state index is 0.139. The maximum atomic E-state index is 12.8. The van der Waals surface area contributed by atoms with E-state index in [-0.39, 0.29) is 17.6 Å². The third-order valence-corrected chi connectivity index (χ3v) is 4.34. The number of benzene rings is 1. The van der Waals surface area contributed by atoms with Gasteiger partial charge in [0.15, 0.2) is 5.65 Å². The molecule has 3 heterocycles. The van der Waals surface area contributed by atoms with Crippen molar-refractivity contribution in [2.75, 3.05) is 0 Å². The van der Waals surface area contributed by atoms with Crippen LogP contribution >= 0.6 is 0 Å². The monoisotopic (exact) mass is 348 g/mol. The molecule has 0 fully saturated rings. The van der Waals surface area contributed by atoms with Gasteiger partial charge in [0.2, 0.25) is 0 Å². The molecule has 26 heavy (non-hydrogen) atoms. The van der Waals surface area contributed by atoms with Crippen molar-refractivity contribution in [1.82, 2.24) is 29.3 Å². The molecule has 7 heteroatoms. The molecule has 0 aliphatic carbocycles. The molecule has 0 N–H and O–H groups in total. The summed E-state index contributed by atoms with van der Waals surface area (Å²) in [6.07, 6.45) is 3.13. The number of aryl methyl sites for hydroxylation is 1. The van der Waals surface area contributed by atoms with Gasteiger partial charge >= 0.3 is 0 Å². The zero-order chi connectivity index (χ0) is 18.5. The van der Waals surface area contributed by atoms with Crippen molar-refractivity contribution >= 4 is 21.9 Å². The van der Waals surface area contributed by atoms with E-state index < -0.39 is 0 Å². The van der Waals surface area contributed by atoms with Crippen LogP contribution in [0.2, 0.25) is 0 Å². The number of rotatable bonds is 2. The van der Waals surface area contributed by atoms with Crippen molar-refractivity contribution in [2.24, 2.45) is 0 Å². The Hall–Kier alpha value is -3.09. The standard InChI is InChI=1S/C19H20N6O/c1-12-13-7-5-6-8-15(13)23-16(22-12)10-24-11-20-17-14(18(24)26)9-21-25(17)19(2,3)4/h5-9,11H,10H2,1-4H3. The minimum Gasteiger partial charge on any atom is -0.291 e. The Balaban J connectivity index is 1.79. The number of hydrogen-bond acceptors (Lipinski definition) is 5. The largest absolute Gasteiger partial charge is 0.291 e. The number of hydrogen-bond donors (Lipinski definition) is 0. The predicted molar refractivity (Wildman–Crippen MR) is 100 cm³/mol. The first kappa shape index (κ1) is 16.4. The molecule has 0 saturated heterocycles. The molecule has 0 amide bonds. The molecule has 0 saturated carbocycles. The molecule has 0 spiro atoms. The third-order valence-electron chi connectivity index (χ3n) is 4.34. The van der Waals surface area contributed by atoms with E-state index in [0.29, 0.717) is 16.9 Å². The summed E-state index contributed by atoms with van der Waals surface area (Å²) in [5.74, 6) is 0.590. The van der Waals surface area contributed by atoms with E-state index in [1.54, 1.807) is 17.2 Å². The minimum atomic E-state index is -0.244. The van der Waals surface area contributed by atoms with Gasteiger partial charge in [0.05, 0.1) is 23.8 Å². The summed E-state index contributed by atoms with van der Waals surface area (Å²) in [7, 11) is 0. The molecule has 0 bridgehead atoms. The zero-order valence-electron chi connectivity index (χ0n) is 15.3. The molecule has 0 radical (unpaired) electrons. The van der Waals surface area contributed by atoms with Gasteiger partial charge in [-0.15, -0.1) is 0 Å². The van der Waals surface area contributed by atoms with Crippen LogP contribution in [0.5, 0.6) is 0 Å². The highest BCUT2D eigenvalue weighted by Gasteiger charge is 2.20. The maximum absolute atomic E-state index is 12.8. The molecule has 0 unspecified atom stereocenters. The molecule has 4 rings (SSSR count). The quantitative estimate of drug-likeness (QED) is 0.556. The van der Waals surface area contributed by atoms with Gasteiger partial charge < -0.3 is 0 Å². The maximum Gasteiger partial charge on any atom is 0.264 e. The lowest BCUT2D eigenvalue weighted by Gasteiger charge is -2.19. The Morgan fingerprint density at radius 3 is 2.62 bits per heavy atom. The highest BCUT2D eigenvalue weighted by molar-refractivity contribution is 5.80. The second-order valence-corrected chi connectivity index (χ2v) is 7.38. The summed E-state index contributed by atoms with van der Waals surface area (Å²) in [4.78, 5) is 26.4. The summed E-state index contributed by atoms with van der Waals surface area (Å²) in [5.41, 5.74) is 1.98. The van der Waals surface area contributed by atoms with Gasteiger partial charge in [-0.1, -0.05) is 18.2 Å². The number of fused-ring (bicyclic) bond motifs is 2. The molecular formula is C19H20N6O. The van der Waals surface area contributed by atoms with Crippen LogP contribution in [0.4, 0.5) is 0 Å². The first-order chi connectivity index (χ1) is 12.3. The van der Waals surface area contributed by atoms with Gasteiger partial charge in [0, 0.05) is 11.1 Å². The SMILES string of the molecule is Cc1nc(Cn2cnc3c(cnn3C(C)(C)C)c2=O)nc2ccccc12. The lowest BCUT2D eigenvalue weighted by Crippen LogP contribution is -2.26. The van der Waals surface area contributed by atoms with Crippen molar-refractivity contribution in [3.05, 3.63) is 58.7 Å². The Kier molecular flexibility index (Phi) is 3.61. The third kappa shape index (κ3) is 2.65. The summed E-state index contributed by atoms with van der Waals surface area (Å²) in [6.45, 7) is 8.30. The van der Waals surface area contributed by atoms with E-state index in [9.17, 15) is 4.79 Å². The lowest BCUT2D eigenvalue weighted by atomic mass is 10.1. The van der Waals surface area contributed by atoms with E-state index >= 15 is 0 Å². The normalized spacial score (nSPS) is 12.2. The fraction of sp³-hybridized carbons (Fsp3) is 0.316. The van der Waals surface area contributed by atoms with Gasteiger partial charge in [0.1, 0.15) is 17.5 Å². The van der Waals surface area contributed by atoms with Crippen molar-refractivity contribution in [3.8, 4) is 0 Å². The Morgan fingerprint density at radius 1 is 1.08 bits per heavy atom. The van der Waals surface area contributed by atoms with Gasteiger partial charge in [-0.25, -0.2) is 19.6 Å². The summed E-state index contributed by atoms with van der Waals surface area (Å²) in [6, 6.07) is 7.85. The lowest BCUT2D eigenvalue weighted by molar-refractivity contribution is 0.365. The van der Waals surface area contributed by atoms with Crippen LogP contribution in [0, 0.1) is 6.92 Å². The number of aromatic nitrogens is 6. The van der Waals surface area contributed by atoms with Crippen molar-refractivity contribution in [3.63, 3.8) is 0 Å². The molecule has 0 atom stereocenters. The topological polar surface area (TPSA) is 78.5 Å². The zero-order valence-corrected chi connectivity index (χ0v) is 15.3. The highest BCUT2D eigenvalue weighted by atomic mass is 16.1. The first-order valence-electron chi connectivity index (χ1n) is 8.50. The average Bonchev–Trinajstić information content (AvgIpc) is 3.03. The van der Waals surface area contributed by atoms with Gasteiger partial charge in [-0.05, 0) is 33.8 Å². The summed E-state index contributed by atoms with van der Waals surface area (Å²) in [5, 5.41) is 5.86. The van der Waals surface area contributed by atoms with Gasteiger partial charge in [-0.2, -0.15) is 5.10 Å². The van der Waals surface area contributed by atoms with Crippen molar-refractivity contribution in [2.45, 2.75) is 39.8 Å². The average molecular weight is 348 g/mol. The Morgan fingerprint density at radius 2 is 1.85 bits per heavy atom. The van der Waals surface area contributed by atoms with Crippen LogP contribution < -0.4 is 5.56 Å². The van der Waals surface area contributed by atoms with Gasteiger partial charge in [-0.3, -0.25) is 9.36 Å².